The molecule has 0 aliphatic rings. The van der Waals surface area contributed by atoms with Gasteiger partial charge < -0.3 is 5.32 Å². The number of benzene rings is 3. The van der Waals surface area contributed by atoms with E-state index in [1.807, 2.05) is 66.7 Å². The molecule has 0 aromatic heterocycles. The number of carbonyl (C=O) groups excluding carboxylic acids is 1. The first-order chi connectivity index (χ1) is 10.7. The van der Waals surface area contributed by atoms with Gasteiger partial charge in [-0.05, 0) is 41.1 Å². The second-order valence-electron chi connectivity index (χ2n) is 5.17. The Labute approximate surface area is 134 Å². The minimum absolute atomic E-state index is 0.146. The van der Waals surface area contributed by atoms with Gasteiger partial charge in [-0.25, -0.2) is 0 Å². The third-order valence-corrected chi connectivity index (χ3v) is 3.85. The molecule has 0 spiro atoms. The first-order valence-electron chi connectivity index (χ1n) is 7.24. The number of hydrogen-bond donors (Lipinski definition) is 1. The van der Waals surface area contributed by atoms with Crippen molar-refractivity contribution >= 4 is 33.8 Å². The zero-order valence-corrected chi connectivity index (χ0v) is 12.8. The topological polar surface area (TPSA) is 29.1 Å². The number of rotatable bonds is 5. The Balaban J connectivity index is 1.62. The normalized spacial score (nSPS) is 10.6. The second-order valence-corrected chi connectivity index (χ2v) is 5.61. The first kappa shape index (κ1) is 14.6. The third-order valence-electron chi connectivity index (χ3n) is 3.60. The van der Waals surface area contributed by atoms with Crippen molar-refractivity contribution in [2.45, 2.75) is 6.42 Å². The van der Waals surface area contributed by atoms with Crippen LogP contribution in [0.3, 0.4) is 0 Å². The number of Topliss-reactive ketones (excluding diaryl/α,β-unsaturated/α-hetero) is 1. The van der Waals surface area contributed by atoms with E-state index in [0.717, 1.165) is 22.0 Å². The summed E-state index contributed by atoms with van der Waals surface area (Å²) in [6.45, 7) is 0.604. The number of nitrogens with one attached hydrogen (secondary N) is 1. The molecule has 3 rings (SSSR count). The molecule has 0 saturated heterocycles. The highest BCUT2D eigenvalue weighted by Gasteiger charge is 2.06. The Morgan fingerprint density at radius 1 is 0.909 bits per heavy atom. The summed E-state index contributed by atoms with van der Waals surface area (Å²) in [4.78, 5) is 12.3. The molecule has 0 radical (unpaired) electrons. The molecular weight excluding hydrogens is 294 g/mol. The van der Waals surface area contributed by atoms with E-state index in [1.165, 1.54) is 0 Å². The van der Waals surface area contributed by atoms with Gasteiger partial charge in [0.15, 0.2) is 5.78 Å². The van der Waals surface area contributed by atoms with E-state index in [4.69, 9.17) is 11.6 Å². The molecule has 0 heterocycles. The highest BCUT2D eigenvalue weighted by atomic mass is 35.5. The number of anilines is 1. The van der Waals surface area contributed by atoms with Gasteiger partial charge in [0.2, 0.25) is 0 Å². The molecule has 1 N–H and O–H groups in total. The van der Waals surface area contributed by atoms with E-state index in [1.54, 1.807) is 0 Å². The number of carbonyl (C=O) groups is 1. The maximum absolute atomic E-state index is 12.3. The van der Waals surface area contributed by atoms with Gasteiger partial charge in [0.25, 0.3) is 0 Å². The molecule has 0 saturated carbocycles. The Morgan fingerprint density at radius 3 is 2.41 bits per heavy atom. The lowest BCUT2D eigenvalue weighted by molar-refractivity contribution is 0.0986. The number of fused-ring (bicyclic) bond motifs is 1. The number of hydrogen-bond acceptors (Lipinski definition) is 2. The summed E-state index contributed by atoms with van der Waals surface area (Å²) in [5.74, 6) is 0.146. The van der Waals surface area contributed by atoms with Crippen LogP contribution in [-0.4, -0.2) is 12.3 Å². The molecule has 0 fully saturated rings. The number of halogens is 1. The van der Waals surface area contributed by atoms with Gasteiger partial charge in [0.05, 0.1) is 0 Å². The minimum Gasteiger partial charge on any atom is -0.385 e. The summed E-state index contributed by atoms with van der Waals surface area (Å²) >= 11 is 5.84. The summed E-state index contributed by atoms with van der Waals surface area (Å²) in [6, 6.07) is 21.4. The van der Waals surface area contributed by atoms with Crippen molar-refractivity contribution in [1.82, 2.24) is 0 Å². The van der Waals surface area contributed by atoms with Gasteiger partial charge in [-0.15, -0.1) is 0 Å². The lowest BCUT2D eigenvalue weighted by Crippen LogP contribution is -2.08. The fraction of sp³-hybridized carbons (Fsp3) is 0.105. The molecule has 0 bridgehead atoms. The van der Waals surface area contributed by atoms with Crippen LogP contribution >= 0.6 is 11.6 Å². The molecule has 3 heteroatoms. The van der Waals surface area contributed by atoms with Crippen LogP contribution < -0.4 is 5.32 Å². The molecular formula is C19H16ClNO. The summed E-state index contributed by atoms with van der Waals surface area (Å²) in [7, 11) is 0. The van der Waals surface area contributed by atoms with E-state index in [0.29, 0.717) is 18.0 Å². The van der Waals surface area contributed by atoms with Gasteiger partial charge >= 0.3 is 0 Å². The van der Waals surface area contributed by atoms with E-state index in [2.05, 4.69) is 5.32 Å². The molecule has 22 heavy (non-hydrogen) atoms. The molecule has 0 aliphatic heterocycles. The highest BCUT2D eigenvalue weighted by Crippen LogP contribution is 2.17. The van der Waals surface area contributed by atoms with Gasteiger partial charge in [-0.3, -0.25) is 4.79 Å². The smallest absolute Gasteiger partial charge is 0.164 e. The largest absolute Gasteiger partial charge is 0.385 e. The van der Waals surface area contributed by atoms with Gasteiger partial charge in [0, 0.05) is 29.2 Å². The monoisotopic (exact) mass is 309 g/mol. The Hall–Kier alpha value is -2.32. The van der Waals surface area contributed by atoms with E-state index in [9.17, 15) is 4.79 Å². The van der Waals surface area contributed by atoms with Crippen LogP contribution in [0, 0.1) is 0 Å². The average Bonchev–Trinajstić information content (AvgIpc) is 2.56. The van der Waals surface area contributed by atoms with Crippen molar-refractivity contribution < 1.29 is 4.79 Å². The van der Waals surface area contributed by atoms with Crippen molar-refractivity contribution in [1.29, 1.82) is 0 Å². The SMILES string of the molecule is O=C(CCNc1ccc(Cl)cc1)c1ccc2ccccc2c1. The summed E-state index contributed by atoms with van der Waals surface area (Å²) < 4.78 is 0. The lowest BCUT2D eigenvalue weighted by Gasteiger charge is -2.07. The molecule has 3 aromatic rings. The number of ketones is 1. The second kappa shape index (κ2) is 6.63. The first-order valence-corrected chi connectivity index (χ1v) is 7.61. The third kappa shape index (κ3) is 3.46. The van der Waals surface area contributed by atoms with Crippen LogP contribution in [-0.2, 0) is 0 Å². The maximum Gasteiger partial charge on any atom is 0.164 e. The zero-order valence-electron chi connectivity index (χ0n) is 12.1. The highest BCUT2D eigenvalue weighted by molar-refractivity contribution is 6.30. The quantitative estimate of drug-likeness (QED) is 0.658. The maximum atomic E-state index is 12.3. The van der Waals surface area contributed by atoms with Crippen LogP contribution in [0.25, 0.3) is 10.8 Å². The lowest BCUT2D eigenvalue weighted by atomic mass is 10.0. The van der Waals surface area contributed by atoms with Gasteiger partial charge in [-0.2, -0.15) is 0 Å². The van der Waals surface area contributed by atoms with Crippen LogP contribution in [0.1, 0.15) is 16.8 Å². The van der Waals surface area contributed by atoms with Crippen molar-refractivity contribution in [3.8, 4) is 0 Å². The van der Waals surface area contributed by atoms with Crippen molar-refractivity contribution in [3.63, 3.8) is 0 Å². The fourth-order valence-electron chi connectivity index (χ4n) is 2.40. The molecule has 0 atom stereocenters. The molecule has 110 valence electrons. The van der Waals surface area contributed by atoms with Crippen molar-refractivity contribution in [2.24, 2.45) is 0 Å². The van der Waals surface area contributed by atoms with Crippen LogP contribution in [0.2, 0.25) is 5.02 Å². The van der Waals surface area contributed by atoms with Crippen LogP contribution in [0.4, 0.5) is 5.69 Å². The molecule has 0 amide bonds. The van der Waals surface area contributed by atoms with E-state index < -0.39 is 0 Å². The zero-order chi connectivity index (χ0) is 15.4. The molecule has 0 aliphatic carbocycles. The standard InChI is InChI=1S/C19H16ClNO/c20-17-7-9-18(10-8-17)21-12-11-19(22)16-6-5-14-3-1-2-4-15(14)13-16/h1-10,13,21H,11-12H2. The predicted molar refractivity (Wildman–Crippen MR) is 92.8 cm³/mol. The molecule has 3 aromatic carbocycles. The van der Waals surface area contributed by atoms with Gasteiger partial charge in [0.1, 0.15) is 0 Å². The Bertz CT molecular complexity index is 796. The van der Waals surface area contributed by atoms with E-state index in [-0.39, 0.29) is 5.78 Å². The summed E-state index contributed by atoms with van der Waals surface area (Å²) in [6.07, 6.45) is 0.459. The van der Waals surface area contributed by atoms with Crippen molar-refractivity contribution in [2.75, 3.05) is 11.9 Å². The summed E-state index contributed by atoms with van der Waals surface area (Å²) in [5, 5.41) is 6.18. The van der Waals surface area contributed by atoms with Crippen molar-refractivity contribution in [3.05, 3.63) is 77.3 Å². The Morgan fingerprint density at radius 2 is 1.64 bits per heavy atom. The van der Waals surface area contributed by atoms with Gasteiger partial charge in [-0.1, -0.05) is 48.0 Å². The average molecular weight is 310 g/mol. The fourth-order valence-corrected chi connectivity index (χ4v) is 2.52. The molecule has 2 nitrogen and oxygen atoms in total. The molecule has 0 unspecified atom stereocenters. The Kier molecular flexibility index (Phi) is 4.40. The van der Waals surface area contributed by atoms with Crippen LogP contribution in [0.5, 0.6) is 0 Å². The van der Waals surface area contributed by atoms with Crippen LogP contribution in [0.15, 0.2) is 66.7 Å². The predicted octanol–water partition coefficient (Wildman–Crippen LogP) is 5.18. The van der Waals surface area contributed by atoms with E-state index >= 15 is 0 Å². The summed E-state index contributed by atoms with van der Waals surface area (Å²) in [5.41, 5.74) is 1.73. The minimum atomic E-state index is 0.146.